The molecule has 0 fully saturated rings. The molecule has 0 N–H and O–H groups in total. The van der Waals surface area contributed by atoms with Gasteiger partial charge in [-0.05, 0) is 89.9 Å². The summed E-state index contributed by atoms with van der Waals surface area (Å²) in [6, 6.07) is 0. The first-order valence-electron chi connectivity index (χ1n) is 32.2. The zero-order valence-electron chi connectivity index (χ0n) is 50.0. The number of hydrogen-bond donors (Lipinski definition) is 0. The molecular formula is C70H120O6. The monoisotopic (exact) mass is 1060 g/mol. The van der Waals surface area contributed by atoms with Crippen molar-refractivity contribution in [1.82, 2.24) is 0 Å². The molecule has 0 aromatic heterocycles. The van der Waals surface area contributed by atoms with Crippen LogP contribution in [0, 0.1) is 0 Å². The van der Waals surface area contributed by atoms with Crippen molar-refractivity contribution in [2.24, 2.45) is 0 Å². The highest BCUT2D eigenvalue weighted by Crippen LogP contribution is 2.16. The molecule has 0 saturated carbocycles. The van der Waals surface area contributed by atoms with Gasteiger partial charge in [0, 0.05) is 19.3 Å². The summed E-state index contributed by atoms with van der Waals surface area (Å²) >= 11 is 0. The summed E-state index contributed by atoms with van der Waals surface area (Å²) in [6.45, 7) is 6.48. The van der Waals surface area contributed by atoms with Crippen molar-refractivity contribution in [3.63, 3.8) is 0 Å². The van der Waals surface area contributed by atoms with E-state index in [1.54, 1.807) is 0 Å². The Morgan fingerprint density at radius 1 is 0.276 bits per heavy atom. The minimum atomic E-state index is -0.818. The lowest BCUT2D eigenvalue weighted by molar-refractivity contribution is -0.166. The summed E-state index contributed by atoms with van der Waals surface area (Å²) in [6.07, 6.45) is 85.7. The molecule has 0 aromatic carbocycles. The number of rotatable bonds is 58. The summed E-state index contributed by atoms with van der Waals surface area (Å²) in [5.41, 5.74) is 0. The normalized spacial score (nSPS) is 12.7. The molecule has 6 nitrogen and oxygen atoms in total. The molecule has 0 spiro atoms. The van der Waals surface area contributed by atoms with E-state index in [4.69, 9.17) is 14.2 Å². The Kier molecular flexibility index (Phi) is 60.8. The lowest BCUT2D eigenvalue weighted by Gasteiger charge is -2.18. The first-order valence-corrected chi connectivity index (χ1v) is 32.2. The molecule has 0 aliphatic heterocycles. The van der Waals surface area contributed by atoms with Crippen molar-refractivity contribution in [3.05, 3.63) is 97.2 Å². The summed E-state index contributed by atoms with van der Waals surface area (Å²) in [5, 5.41) is 0. The number of esters is 3. The molecule has 1 atom stereocenters. The Morgan fingerprint density at radius 3 is 0.855 bits per heavy atom. The molecule has 436 valence electrons. The van der Waals surface area contributed by atoms with Gasteiger partial charge in [0.15, 0.2) is 6.10 Å². The van der Waals surface area contributed by atoms with Crippen LogP contribution >= 0.6 is 0 Å². The van der Waals surface area contributed by atoms with Crippen LogP contribution in [0.3, 0.4) is 0 Å². The van der Waals surface area contributed by atoms with E-state index in [1.807, 2.05) is 6.08 Å². The molecule has 0 heterocycles. The van der Waals surface area contributed by atoms with Crippen molar-refractivity contribution in [1.29, 1.82) is 0 Å². The SMILES string of the molecule is CC/C=C\C/C=C\C/C=C\C/C=C\C/C=C\C/C=C\CCC(=O)OC(COC(=O)CCCCCCCCCCCCCCCC)COC(=O)CCCCCCCCCCCCCCC/C=C\C/C=C\CCCCCCC. The van der Waals surface area contributed by atoms with Gasteiger partial charge in [0.2, 0.25) is 0 Å². The van der Waals surface area contributed by atoms with Crippen molar-refractivity contribution in [2.45, 2.75) is 316 Å². The highest BCUT2D eigenvalue weighted by molar-refractivity contribution is 5.71. The zero-order chi connectivity index (χ0) is 55.0. The van der Waals surface area contributed by atoms with Crippen LogP contribution in [0.1, 0.15) is 310 Å². The average molecular weight is 1060 g/mol. The van der Waals surface area contributed by atoms with Crippen molar-refractivity contribution in [3.8, 4) is 0 Å². The number of hydrogen-bond acceptors (Lipinski definition) is 6. The van der Waals surface area contributed by atoms with Crippen molar-refractivity contribution < 1.29 is 28.6 Å². The smallest absolute Gasteiger partial charge is 0.306 e. The Balaban J connectivity index is 4.40. The third-order valence-electron chi connectivity index (χ3n) is 13.8. The zero-order valence-corrected chi connectivity index (χ0v) is 50.0. The van der Waals surface area contributed by atoms with Gasteiger partial charge in [-0.2, -0.15) is 0 Å². The highest BCUT2D eigenvalue weighted by atomic mass is 16.6. The second-order valence-electron chi connectivity index (χ2n) is 21.3. The lowest BCUT2D eigenvalue weighted by atomic mass is 10.0. The Morgan fingerprint density at radius 2 is 0.539 bits per heavy atom. The topological polar surface area (TPSA) is 78.9 Å². The van der Waals surface area contributed by atoms with E-state index in [2.05, 4.69) is 112 Å². The van der Waals surface area contributed by atoms with Gasteiger partial charge in [-0.1, -0.05) is 298 Å². The van der Waals surface area contributed by atoms with E-state index in [9.17, 15) is 14.4 Å². The highest BCUT2D eigenvalue weighted by Gasteiger charge is 2.19. The summed E-state index contributed by atoms with van der Waals surface area (Å²) < 4.78 is 16.9. The van der Waals surface area contributed by atoms with Gasteiger partial charge in [-0.25, -0.2) is 0 Å². The van der Waals surface area contributed by atoms with Crippen LogP contribution in [-0.4, -0.2) is 37.2 Å². The fourth-order valence-electron chi connectivity index (χ4n) is 9.03. The second-order valence-corrected chi connectivity index (χ2v) is 21.3. The van der Waals surface area contributed by atoms with E-state index < -0.39 is 6.10 Å². The minimum Gasteiger partial charge on any atom is -0.462 e. The molecular weight excluding hydrogens is 937 g/mol. The Hall–Kier alpha value is -3.67. The fourth-order valence-corrected chi connectivity index (χ4v) is 9.03. The van der Waals surface area contributed by atoms with Crippen molar-refractivity contribution >= 4 is 17.9 Å². The van der Waals surface area contributed by atoms with Gasteiger partial charge in [-0.3, -0.25) is 14.4 Å². The van der Waals surface area contributed by atoms with Crippen LogP contribution in [0.5, 0.6) is 0 Å². The van der Waals surface area contributed by atoms with E-state index >= 15 is 0 Å². The molecule has 0 aliphatic carbocycles. The van der Waals surface area contributed by atoms with Crippen LogP contribution in [0.4, 0.5) is 0 Å². The number of ether oxygens (including phenoxy) is 3. The van der Waals surface area contributed by atoms with Gasteiger partial charge in [0.25, 0.3) is 0 Å². The summed E-state index contributed by atoms with van der Waals surface area (Å²) in [7, 11) is 0. The predicted molar refractivity (Wildman–Crippen MR) is 330 cm³/mol. The third-order valence-corrected chi connectivity index (χ3v) is 13.8. The molecule has 0 amide bonds. The van der Waals surface area contributed by atoms with Crippen molar-refractivity contribution in [2.75, 3.05) is 13.2 Å². The molecule has 0 bridgehead atoms. The Bertz CT molecular complexity index is 1490. The van der Waals surface area contributed by atoms with Gasteiger partial charge < -0.3 is 14.2 Å². The quantitative estimate of drug-likeness (QED) is 0.0261. The number of carbonyl (C=O) groups excluding carboxylic acids is 3. The maximum Gasteiger partial charge on any atom is 0.306 e. The van der Waals surface area contributed by atoms with Gasteiger partial charge in [0.1, 0.15) is 13.2 Å². The maximum absolute atomic E-state index is 12.9. The summed E-state index contributed by atoms with van der Waals surface area (Å²) in [4.78, 5) is 38.3. The lowest BCUT2D eigenvalue weighted by Crippen LogP contribution is -2.30. The molecule has 0 aliphatic rings. The van der Waals surface area contributed by atoms with E-state index in [-0.39, 0.29) is 37.5 Å². The van der Waals surface area contributed by atoms with Crippen LogP contribution in [0.15, 0.2) is 97.2 Å². The molecule has 76 heavy (non-hydrogen) atoms. The van der Waals surface area contributed by atoms with E-state index in [1.165, 1.54) is 180 Å². The molecule has 0 saturated heterocycles. The predicted octanol–water partition coefficient (Wildman–Crippen LogP) is 22.0. The Labute approximate surface area is 470 Å². The van der Waals surface area contributed by atoms with Gasteiger partial charge in [-0.15, -0.1) is 0 Å². The first kappa shape index (κ1) is 72.3. The standard InChI is InChI=1S/C70H120O6/c1-4-7-10-13-16-19-22-25-28-30-32-33-34-35-36-37-39-40-42-45-48-51-54-57-60-63-69(72)75-66-67(65-74-68(71)62-59-56-53-50-47-44-27-24-21-18-15-12-9-6-3)76-70(73)64-61-58-55-52-49-46-43-41-38-31-29-26-23-20-17-14-11-8-5-2/h8,11,17,20,22,25-26,29-30,32,38,41,46,49,55,58,67H,4-7,9-10,12-16,18-19,21,23-24,27-28,31,33-37,39-40,42-45,47-48,50-54,56-57,59-66H2,1-3H3/b11-8-,20-17-,25-22-,29-26-,32-30-,41-38-,49-46-,58-55-. The molecule has 1 unspecified atom stereocenters. The molecule has 0 aromatic rings. The molecule has 6 heteroatoms. The fraction of sp³-hybridized carbons (Fsp3) is 0.729. The molecule has 0 radical (unpaired) electrons. The van der Waals surface area contributed by atoms with Crippen LogP contribution in [0.2, 0.25) is 0 Å². The minimum absolute atomic E-state index is 0.105. The van der Waals surface area contributed by atoms with Crippen LogP contribution in [0.25, 0.3) is 0 Å². The van der Waals surface area contributed by atoms with E-state index in [0.717, 1.165) is 83.5 Å². The van der Waals surface area contributed by atoms with Crippen LogP contribution in [-0.2, 0) is 28.6 Å². The third kappa shape index (κ3) is 61.2. The second kappa shape index (κ2) is 63.9. The number of carbonyl (C=O) groups is 3. The summed E-state index contributed by atoms with van der Waals surface area (Å²) in [5.74, 6) is -0.980. The van der Waals surface area contributed by atoms with E-state index in [0.29, 0.717) is 19.3 Å². The average Bonchev–Trinajstić information content (AvgIpc) is 3.42. The van der Waals surface area contributed by atoms with Crippen LogP contribution < -0.4 is 0 Å². The number of unbranched alkanes of at least 4 members (excludes halogenated alkanes) is 31. The maximum atomic E-state index is 12.9. The van der Waals surface area contributed by atoms with Gasteiger partial charge in [0.05, 0.1) is 0 Å². The first-order chi connectivity index (χ1) is 37.5. The number of allylic oxidation sites excluding steroid dienone is 16. The molecule has 0 rings (SSSR count). The largest absolute Gasteiger partial charge is 0.462 e. The van der Waals surface area contributed by atoms with Gasteiger partial charge >= 0.3 is 17.9 Å².